The molecule has 2 fully saturated rings. The van der Waals surface area contributed by atoms with E-state index in [-0.39, 0.29) is 5.91 Å². The number of hydrogen-bond acceptors (Lipinski definition) is 7. The maximum Gasteiger partial charge on any atom is 0.266 e. The van der Waals surface area contributed by atoms with Gasteiger partial charge in [-0.15, -0.1) is 0 Å². The Bertz CT molecular complexity index is 1420. The average Bonchev–Trinajstić information content (AvgIpc) is 3.23. The molecule has 3 aromatic rings. The maximum absolute atomic E-state index is 13.1. The first-order valence-electron chi connectivity index (χ1n) is 12.9. The molecule has 7 nitrogen and oxygen atoms in total. The highest BCUT2D eigenvalue weighted by Gasteiger charge is 2.30. The molecule has 40 heavy (non-hydrogen) atoms. The molecule has 0 atom stereocenters. The number of carbonyl (C=O) groups excluding carboxylic acids is 1. The van der Waals surface area contributed by atoms with E-state index in [9.17, 15) is 4.79 Å². The number of benzene rings is 3. The highest BCUT2D eigenvalue weighted by atomic mass is 79.9. The molecule has 0 bridgehead atoms. The van der Waals surface area contributed by atoms with Gasteiger partial charge in [-0.05, 0) is 84.4 Å². The summed E-state index contributed by atoms with van der Waals surface area (Å²) in [7, 11) is 1.75. The van der Waals surface area contributed by atoms with Crippen molar-refractivity contribution in [1.82, 2.24) is 4.90 Å². The lowest BCUT2D eigenvalue weighted by molar-refractivity contribution is -0.121. The van der Waals surface area contributed by atoms with Crippen LogP contribution >= 0.6 is 43.6 Å². The van der Waals surface area contributed by atoms with E-state index < -0.39 is 0 Å². The quantitative estimate of drug-likeness (QED) is 0.233. The molecule has 0 unspecified atom stereocenters. The average molecular weight is 687 g/mol. The Kier molecular flexibility index (Phi) is 9.52. The van der Waals surface area contributed by atoms with E-state index in [1.54, 1.807) is 11.9 Å². The van der Waals surface area contributed by atoms with Crippen LogP contribution in [0.25, 0.3) is 6.08 Å². The van der Waals surface area contributed by atoms with Gasteiger partial charge in [-0.3, -0.25) is 9.69 Å². The maximum atomic E-state index is 13.1. The predicted molar refractivity (Wildman–Crippen MR) is 169 cm³/mol. The standard InChI is InChI=1S/C30H29Br2N3O4S/c1-3-38-26-16-21(25(32)18-27(26)39-19-20-4-6-22(31)7-5-20)17-28-29(36)34(2)30(40-28)33-23-8-10-24(11-9-23)35-12-14-37-15-13-35/h4-11,16-18H,3,12-15,19H2,1-2H3/b28-17-,33-30?. The lowest BCUT2D eigenvalue weighted by atomic mass is 10.1. The summed E-state index contributed by atoms with van der Waals surface area (Å²) in [4.78, 5) is 22.3. The van der Waals surface area contributed by atoms with E-state index in [1.165, 1.54) is 11.8 Å². The Balaban J connectivity index is 1.33. The molecule has 0 aromatic heterocycles. The number of hydrogen-bond donors (Lipinski definition) is 0. The summed E-state index contributed by atoms with van der Waals surface area (Å²) in [5, 5.41) is 0.631. The molecule has 2 saturated heterocycles. The predicted octanol–water partition coefficient (Wildman–Crippen LogP) is 7.26. The number of aliphatic imine (C=N–C) groups is 1. The Hall–Kier alpha value is -2.79. The first-order valence-corrected chi connectivity index (χ1v) is 15.3. The molecule has 2 aliphatic rings. The Morgan fingerprint density at radius 1 is 1.00 bits per heavy atom. The molecule has 10 heteroatoms. The Labute approximate surface area is 255 Å². The first-order chi connectivity index (χ1) is 19.4. The van der Waals surface area contributed by atoms with Crippen LogP contribution in [0.15, 0.2) is 79.5 Å². The normalized spacial score (nSPS) is 17.6. The summed E-state index contributed by atoms with van der Waals surface area (Å²) >= 11 is 8.47. The van der Waals surface area contributed by atoms with Crippen LogP contribution in [0.2, 0.25) is 0 Å². The smallest absolute Gasteiger partial charge is 0.266 e. The van der Waals surface area contributed by atoms with Crippen LogP contribution in [0.5, 0.6) is 11.5 Å². The summed E-state index contributed by atoms with van der Waals surface area (Å²) in [5.41, 5.74) is 3.81. The molecule has 1 amide bonds. The number of anilines is 1. The SMILES string of the molecule is CCOc1cc(/C=C2\SC(=Nc3ccc(N4CCOCC4)cc3)N(C)C2=O)c(Br)cc1OCc1ccc(Br)cc1. The zero-order valence-corrected chi connectivity index (χ0v) is 26.2. The highest BCUT2D eigenvalue weighted by Crippen LogP contribution is 2.39. The minimum atomic E-state index is -0.103. The van der Waals surface area contributed by atoms with Crippen molar-refractivity contribution >= 4 is 72.1 Å². The van der Waals surface area contributed by atoms with Crippen LogP contribution in [0.3, 0.4) is 0 Å². The van der Waals surface area contributed by atoms with E-state index in [0.717, 1.165) is 57.8 Å². The van der Waals surface area contributed by atoms with Gasteiger partial charge in [0, 0.05) is 34.8 Å². The Morgan fingerprint density at radius 2 is 1.70 bits per heavy atom. The molecule has 5 rings (SSSR count). The third kappa shape index (κ3) is 6.91. The number of morpholine rings is 1. The molecular formula is C30H29Br2N3O4S. The number of carbonyl (C=O) groups is 1. The van der Waals surface area contributed by atoms with Gasteiger partial charge >= 0.3 is 0 Å². The summed E-state index contributed by atoms with van der Waals surface area (Å²) in [6.07, 6.45) is 1.86. The van der Waals surface area contributed by atoms with Crippen LogP contribution in [0.1, 0.15) is 18.1 Å². The topological polar surface area (TPSA) is 63.6 Å². The van der Waals surface area contributed by atoms with Gasteiger partial charge in [-0.25, -0.2) is 4.99 Å². The van der Waals surface area contributed by atoms with Gasteiger partial charge in [0.1, 0.15) is 6.61 Å². The second kappa shape index (κ2) is 13.2. The molecule has 0 saturated carbocycles. The van der Waals surface area contributed by atoms with E-state index >= 15 is 0 Å². The van der Waals surface area contributed by atoms with Gasteiger partial charge in [-0.2, -0.15) is 0 Å². The van der Waals surface area contributed by atoms with Crippen molar-refractivity contribution in [1.29, 1.82) is 0 Å². The number of thioether (sulfide) groups is 1. The third-order valence-electron chi connectivity index (χ3n) is 6.41. The van der Waals surface area contributed by atoms with Crippen LogP contribution in [0.4, 0.5) is 11.4 Å². The van der Waals surface area contributed by atoms with Crippen molar-refractivity contribution in [2.24, 2.45) is 4.99 Å². The van der Waals surface area contributed by atoms with E-state index in [0.29, 0.717) is 34.8 Å². The number of halogens is 2. The molecule has 0 spiro atoms. The van der Waals surface area contributed by atoms with Crippen LogP contribution in [-0.2, 0) is 16.1 Å². The van der Waals surface area contributed by atoms with Crippen molar-refractivity contribution in [3.63, 3.8) is 0 Å². The van der Waals surface area contributed by atoms with Gasteiger partial charge in [-0.1, -0.05) is 44.0 Å². The number of amidine groups is 1. The number of nitrogens with zero attached hydrogens (tertiary/aromatic N) is 3. The van der Waals surface area contributed by atoms with Crippen molar-refractivity contribution in [2.75, 3.05) is 44.9 Å². The van der Waals surface area contributed by atoms with Crippen molar-refractivity contribution in [2.45, 2.75) is 13.5 Å². The largest absolute Gasteiger partial charge is 0.490 e. The zero-order chi connectivity index (χ0) is 28.1. The van der Waals surface area contributed by atoms with Crippen molar-refractivity contribution in [3.05, 3.63) is 85.6 Å². The number of amides is 1. The summed E-state index contributed by atoms with van der Waals surface area (Å²) < 4.78 is 19.2. The molecule has 2 aliphatic heterocycles. The molecule has 0 aliphatic carbocycles. The summed E-state index contributed by atoms with van der Waals surface area (Å²) in [6, 6.07) is 19.9. The van der Waals surface area contributed by atoms with E-state index in [2.05, 4.69) is 48.9 Å². The molecule has 0 N–H and O–H groups in total. The molecular weight excluding hydrogens is 658 g/mol. The van der Waals surface area contributed by atoms with E-state index in [4.69, 9.17) is 19.2 Å². The summed E-state index contributed by atoms with van der Waals surface area (Å²) in [6.45, 7) is 6.08. The minimum Gasteiger partial charge on any atom is -0.490 e. The van der Waals surface area contributed by atoms with Crippen molar-refractivity contribution < 1.29 is 19.0 Å². The second-order valence-corrected chi connectivity index (χ2v) is 11.9. The third-order valence-corrected chi connectivity index (χ3v) is 8.69. The monoisotopic (exact) mass is 685 g/mol. The fraction of sp³-hybridized carbons (Fsp3) is 0.267. The molecule has 208 valence electrons. The molecule has 2 heterocycles. The fourth-order valence-electron chi connectivity index (χ4n) is 4.25. The summed E-state index contributed by atoms with van der Waals surface area (Å²) in [5.74, 6) is 1.14. The molecule has 3 aromatic carbocycles. The lowest BCUT2D eigenvalue weighted by Crippen LogP contribution is -2.36. The van der Waals surface area contributed by atoms with Crippen LogP contribution < -0.4 is 14.4 Å². The highest BCUT2D eigenvalue weighted by molar-refractivity contribution is 9.10. The molecule has 0 radical (unpaired) electrons. The van der Waals surface area contributed by atoms with Crippen LogP contribution in [0, 0.1) is 0 Å². The number of ether oxygens (including phenoxy) is 3. The second-order valence-electron chi connectivity index (χ2n) is 9.15. The van der Waals surface area contributed by atoms with Gasteiger partial charge < -0.3 is 19.1 Å². The van der Waals surface area contributed by atoms with Gasteiger partial charge in [0.25, 0.3) is 5.91 Å². The number of rotatable bonds is 8. The first kappa shape index (κ1) is 28.7. The number of likely N-dealkylation sites (N-methyl/N-ethyl adjacent to an activating group) is 1. The minimum absolute atomic E-state index is 0.103. The van der Waals surface area contributed by atoms with E-state index in [1.807, 2.05) is 61.5 Å². The Morgan fingerprint density at radius 3 is 2.40 bits per heavy atom. The van der Waals surface area contributed by atoms with Crippen LogP contribution in [-0.4, -0.2) is 55.9 Å². The van der Waals surface area contributed by atoms with Crippen molar-refractivity contribution in [3.8, 4) is 11.5 Å². The van der Waals surface area contributed by atoms with Gasteiger partial charge in [0.15, 0.2) is 16.7 Å². The zero-order valence-electron chi connectivity index (χ0n) is 22.2. The fourth-order valence-corrected chi connectivity index (χ4v) is 5.93. The lowest BCUT2D eigenvalue weighted by Gasteiger charge is -2.28. The van der Waals surface area contributed by atoms with Gasteiger partial charge in [0.05, 0.1) is 30.4 Å². The van der Waals surface area contributed by atoms with Gasteiger partial charge in [0.2, 0.25) is 0 Å².